The molecule has 2 aliphatic carbocycles. The van der Waals surface area contributed by atoms with Crippen LogP contribution in [0.25, 0.3) is 5.69 Å². The molecule has 0 spiro atoms. The van der Waals surface area contributed by atoms with Crippen LogP contribution in [0, 0.1) is 20.8 Å². The van der Waals surface area contributed by atoms with Crippen molar-refractivity contribution >= 4 is 0 Å². The van der Waals surface area contributed by atoms with Crippen molar-refractivity contribution in [1.29, 1.82) is 0 Å². The normalized spacial score (nSPS) is 22.0. The van der Waals surface area contributed by atoms with Crippen molar-refractivity contribution in [3.8, 4) is 17.4 Å². The molecule has 1 heterocycles. The van der Waals surface area contributed by atoms with Gasteiger partial charge in [-0.15, -0.1) is 0 Å². The quantitative estimate of drug-likeness (QED) is 0.777. The van der Waals surface area contributed by atoms with Crippen LogP contribution in [0.1, 0.15) is 46.1 Å². The minimum atomic E-state index is 0.203. The van der Waals surface area contributed by atoms with E-state index in [1.54, 1.807) is 4.57 Å². The summed E-state index contributed by atoms with van der Waals surface area (Å²) in [5.74, 6) is 0.912. The summed E-state index contributed by atoms with van der Waals surface area (Å²) in [5, 5.41) is 21.4. The number of aryl methyl sites for hydroxylation is 3. The number of allylic oxidation sites excluding steroid dienone is 2. The minimum absolute atomic E-state index is 0.203. The van der Waals surface area contributed by atoms with E-state index in [1.807, 2.05) is 13.8 Å². The Morgan fingerprint density at radius 1 is 0.905 bits per heavy atom. The molecule has 1 aromatic carbocycles. The van der Waals surface area contributed by atoms with Gasteiger partial charge in [-0.2, -0.15) is 0 Å². The Balaban J connectivity index is 2.01. The molecule has 3 nitrogen and oxygen atoms in total. The van der Waals surface area contributed by atoms with Crippen molar-refractivity contribution in [3.63, 3.8) is 0 Å². The highest BCUT2D eigenvalue weighted by Crippen LogP contribution is 2.57. The fourth-order valence-corrected chi connectivity index (χ4v) is 4.18. The molecule has 2 aliphatic rings. The summed E-state index contributed by atoms with van der Waals surface area (Å²) < 4.78 is 1.63. The Labute approximate surface area is 124 Å². The summed E-state index contributed by atoms with van der Waals surface area (Å²) in [4.78, 5) is 0. The van der Waals surface area contributed by atoms with Crippen molar-refractivity contribution in [2.24, 2.45) is 0 Å². The minimum Gasteiger partial charge on any atom is -0.494 e. The third-order valence-electron chi connectivity index (χ3n) is 4.88. The Morgan fingerprint density at radius 2 is 1.38 bits per heavy atom. The highest BCUT2D eigenvalue weighted by atomic mass is 16.3. The largest absolute Gasteiger partial charge is 0.494 e. The molecule has 2 unspecified atom stereocenters. The molecule has 0 saturated carbocycles. The lowest BCUT2D eigenvalue weighted by molar-refractivity contribution is 0.394. The second-order valence-corrected chi connectivity index (χ2v) is 6.39. The number of hydrogen-bond donors (Lipinski definition) is 2. The van der Waals surface area contributed by atoms with E-state index in [4.69, 9.17) is 0 Å². The van der Waals surface area contributed by atoms with Crippen molar-refractivity contribution in [2.45, 2.75) is 39.0 Å². The first kappa shape index (κ1) is 12.6. The average Bonchev–Trinajstić information content (AvgIpc) is 3.06. The van der Waals surface area contributed by atoms with Crippen molar-refractivity contribution in [1.82, 2.24) is 4.57 Å². The predicted molar refractivity (Wildman–Crippen MR) is 82.5 cm³/mol. The number of fused-ring (bicyclic) bond motifs is 5. The number of nitrogens with zero attached hydrogens (tertiary/aromatic N) is 1. The molecule has 0 aliphatic heterocycles. The Hall–Kier alpha value is -2.16. The molecule has 0 radical (unpaired) electrons. The van der Waals surface area contributed by atoms with E-state index in [0.29, 0.717) is 0 Å². The molecule has 2 aromatic rings. The smallest absolute Gasteiger partial charge is 0.202 e. The van der Waals surface area contributed by atoms with Gasteiger partial charge in [0.25, 0.3) is 0 Å². The van der Waals surface area contributed by atoms with Gasteiger partial charge in [-0.3, -0.25) is 4.57 Å². The van der Waals surface area contributed by atoms with Crippen molar-refractivity contribution in [3.05, 3.63) is 52.1 Å². The van der Waals surface area contributed by atoms with Gasteiger partial charge in [0, 0.05) is 23.0 Å². The van der Waals surface area contributed by atoms with Crippen LogP contribution in [0.2, 0.25) is 0 Å². The lowest BCUT2D eigenvalue weighted by Crippen LogP contribution is -2.01. The zero-order chi connectivity index (χ0) is 14.9. The van der Waals surface area contributed by atoms with Crippen LogP contribution in [-0.4, -0.2) is 14.8 Å². The summed E-state index contributed by atoms with van der Waals surface area (Å²) >= 11 is 0. The van der Waals surface area contributed by atoms with Crippen molar-refractivity contribution in [2.75, 3.05) is 0 Å². The van der Waals surface area contributed by atoms with Crippen LogP contribution in [0.4, 0.5) is 0 Å². The highest BCUT2D eigenvalue weighted by Gasteiger charge is 2.41. The fourth-order valence-electron chi connectivity index (χ4n) is 4.18. The SMILES string of the molecule is Cc1cc(C)c(-n2c(O)c3c(c2O)C2C=CC3C2)c(C)c1. The lowest BCUT2D eigenvalue weighted by atomic mass is 10.0. The second-order valence-electron chi connectivity index (χ2n) is 6.39. The molecular weight excluding hydrogens is 262 g/mol. The first-order chi connectivity index (χ1) is 9.99. The standard InChI is InChI=1S/C18H19NO2/c1-9-6-10(2)16(11(3)7-9)19-17(20)14-12-4-5-13(8-12)15(14)18(19)21/h4-7,12-13,20-21H,8H2,1-3H3. The van der Waals surface area contributed by atoms with Crippen LogP contribution in [0.15, 0.2) is 24.3 Å². The van der Waals surface area contributed by atoms with Crippen LogP contribution in [0.5, 0.6) is 11.8 Å². The zero-order valence-electron chi connectivity index (χ0n) is 12.5. The van der Waals surface area contributed by atoms with Crippen LogP contribution < -0.4 is 0 Å². The van der Waals surface area contributed by atoms with Gasteiger partial charge < -0.3 is 10.2 Å². The van der Waals surface area contributed by atoms with Crippen molar-refractivity contribution < 1.29 is 10.2 Å². The molecule has 2 bridgehead atoms. The van der Waals surface area contributed by atoms with Gasteiger partial charge in [0.05, 0.1) is 5.69 Å². The van der Waals surface area contributed by atoms with Gasteiger partial charge in [0.1, 0.15) is 0 Å². The summed E-state index contributed by atoms with van der Waals surface area (Å²) in [6.45, 7) is 6.10. The predicted octanol–water partition coefficient (Wildman–Crippen LogP) is 3.95. The summed E-state index contributed by atoms with van der Waals surface area (Å²) in [5.41, 5.74) is 6.04. The molecule has 1 aromatic heterocycles. The highest BCUT2D eigenvalue weighted by molar-refractivity contribution is 5.64. The first-order valence-corrected chi connectivity index (χ1v) is 7.42. The maximum absolute atomic E-state index is 10.7. The van der Waals surface area contributed by atoms with Gasteiger partial charge >= 0.3 is 0 Å². The third kappa shape index (κ3) is 1.49. The van der Waals surface area contributed by atoms with E-state index in [1.165, 1.54) is 5.56 Å². The summed E-state index contributed by atoms with van der Waals surface area (Å²) in [7, 11) is 0. The number of benzene rings is 1. The summed E-state index contributed by atoms with van der Waals surface area (Å²) in [6.07, 6.45) is 5.27. The third-order valence-corrected chi connectivity index (χ3v) is 4.88. The van der Waals surface area contributed by atoms with E-state index in [2.05, 4.69) is 31.2 Å². The van der Waals surface area contributed by atoms with Crippen LogP contribution in [-0.2, 0) is 0 Å². The van der Waals surface area contributed by atoms with E-state index in [0.717, 1.165) is 34.4 Å². The lowest BCUT2D eigenvalue weighted by Gasteiger charge is -2.16. The Bertz CT molecular complexity index is 740. The van der Waals surface area contributed by atoms with Gasteiger partial charge in [-0.05, 0) is 38.3 Å². The topological polar surface area (TPSA) is 45.4 Å². The van der Waals surface area contributed by atoms with E-state index in [-0.39, 0.29) is 23.6 Å². The number of aromatic nitrogens is 1. The fraction of sp³-hybridized carbons (Fsp3) is 0.333. The molecule has 4 rings (SSSR count). The Kier molecular flexibility index (Phi) is 2.36. The molecule has 0 fully saturated rings. The molecule has 3 heteroatoms. The van der Waals surface area contributed by atoms with E-state index >= 15 is 0 Å². The molecule has 108 valence electrons. The number of hydrogen-bond acceptors (Lipinski definition) is 2. The average molecular weight is 281 g/mol. The molecule has 0 saturated heterocycles. The second kappa shape index (κ2) is 3.94. The van der Waals surface area contributed by atoms with Gasteiger partial charge in [0.2, 0.25) is 11.8 Å². The molecule has 21 heavy (non-hydrogen) atoms. The zero-order valence-corrected chi connectivity index (χ0v) is 12.5. The van der Waals surface area contributed by atoms with Gasteiger partial charge in [-0.25, -0.2) is 0 Å². The Morgan fingerprint density at radius 3 is 1.86 bits per heavy atom. The van der Waals surface area contributed by atoms with Crippen LogP contribution in [0.3, 0.4) is 0 Å². The maximum Gasteiger partial charge on any atom is 0.202 e. The molecule has 2 N–H and O–H groups in total. The molecular formula is C18H19NO2. The monoisotopic (exact) mass is 281 g/mol. The van der Waals surface area contributed by atoms with Gasteiger partial charge in [0.15, 0.2) is 0 Å². The number of aromatic hydroxyl groups is 2. The number of rotatable bonds is 1. The summed E-state index contributed by atoms with van der Waals surface area (Å²) in [6, 6.07) is 4.17. The maximum atomic E-state index is 10.7. The molecule has 0 amide bonds. The first-order valence-electron chi connectivity index (χ1n) is 7.42. The van der Waals surface area contributed by atoms with E-state index < -0.39 is 0 Å². The van der Waals surface area contributed by atoms with Gasteiger partial charge in [-0.1, -0.05) is 29.8 Å². The molecule has 2 atom stereocenters. The van der Waals surface area contributed by atoms with Crippen LogP contribution >= 0.6 is 0 Å². The van der Waals surface area contributed by atoms with E-state index in [9.17, 15) is 10.2 Å².